The molecule has 0 saturated carbocycles. The smallest absolute Gasteiger partial charge is 0.278 e. The number of nitrogens with two attached hydrogens (primary N) is 1. The van der Waals surface area contributed by atoms with Crippen molar-refractivity contribution in [3.05, 3.63) is 60.4 Å². The van der Waals surface area contributed by atoms with E-state index in [0.717, 1.165) is 10.9 Å². The zero-order valence-electron chi connectivity index (χ0n) is 16.1. The normalized spacial score (nSPS) is 11.0. The minimum Gasteiger partial charge on any atom is -0.396 e. The number of rotatable bonds is 4. The lowest BCUT2D eigenvalue weighted by Crippen LogP contribution is -2.25. The molecule has 2 heterocycles. The molecule has 2 aromatic carbocycles. The van der Waals surface area contributed by atoms with Crippen LogP contribution in [0.25, 0.3) is 21.8 Å². The van der Waals surface area contributed by atoms with Gasteiger partial charge in [0.1, 0.15) is 6.54 Å². The van der Waals surface area contributed by atoms with Gasteiger partial charge in [0.05, 0.1) is 16.7 Å². The summed E-state index contributed by atoms with van der Waals surface area (Å²) < 4.78 is 1.84. The Morgan fingerprint density at radius 2 is 1.90 bits per heavy atom. The first kappa shape index (κ1) is 18.4. The SMILES string of the molecule is CN(C)C(=O)Cn1ccc2ccc(NC(=O)c3nnc4ccccc4c3N)cc21. The number of amides is 2. The number of likely N-dealkylation sites (N-methyl/N-ethyl adjacent to an activating group) is 1. The standard InChI is InChI=1S/C21H20N6O2/c1-26(2)18(28)12-27-10-9-13-7-8-14(11-17(13)27)23-21(29)20-19(22)15-5-3-4-6-16(15)24-25-20/h3-11H,12H2,1-2H3,(H2,22,24)(H,23,29). The topological polar surface area (TPSA) is 106 Å². The molecule has 4 aromatic rings. The Labute approximate surface area is 166 Å². The fourth-order valence-corrected chi connectivity index (χ4v) is 3.12. The van der Waals surface area contributed by atoms with Crippen molar-refractivity contribution < 1.29 is 9.59 Å². The number of fused-ring (bicyclic) bond motifs is 2. The molecule has 8 nitrogen and oxygen atoms in total. The van der Waals surface area contributed by atoms with E-state index in [-0.39, 0.29) is 23.8 Å². The molecular formula is C21H20N6O2. The highest BCUT2D eigenvalue weighted by Crippen LogP contribution is 2.24. The molecule has 8 heteroatoms. The van der Waals surface area contributed by atoms with Crippen LogP contribution in [0.4, 0.5) is 11.4 Å². The van der Waals surface area contributed by atoms with Gasteiger partial charge < -0.3 is 20.5 Å². The zero-order valence-corrected chi connectivity index (χ0v) is 16.1. The van der Waals surface area contributed by atoms with Crippen LogP contribution in [-0.2, 0) is 11.3 Å². The molecule has 0 fully saturated rings. The molecule has 3 N–H and O–H groups in total. The highest BCUT2D eigenvalue weighted by Gasteiger charge is 2.16. The summed E-state index contributed by atoms with van der Waals surface area (Å²) in [4.78, 5) is 26.3. The molecule has 0 atom stereocenters. The molecule has 146 valence electrons. The van der Waals surface area contributed by atoms with Gasteiger partial charge >= 0.3 is 0 Å². The summed E-state index contributed by atoms with van der Waals surface area (Å²) in [5.74, 6) is -0.460. The number of nitrogens with zero attached hydrogens (tertiary/aromatic N) is 4. The molecule has 0 bridgehead atoms. The van der Waals surface area contributed by atoms with Gasteiger partial charge in [0.2, 0.25) is 5.91 Å². The summed E-state index contributed by atoms with van der Waals surface area (Å²) in [7, 11) is 3.43. The molecule has 4 rings (SSSR count). The summed E-state index contributed by atoms with van der Waals surface area (Å²) >= 11 is 0. The molecule has 0 unspecified atom stereocenters. The van der Waals surface area contributed by atoms with E-state index in [1.54, 1.807) is 37.2 Å². The number of hydrogen-bond donors (Lipinski definition) is 2. The minimum absolute atomic E-state index is 0.0175. The molecule has 0 aliphatic carbocycles. The quantitative estimate of drug-likeness (QED) is 0.559. The third-order valence-corrected chi connectivity index (χ3v) is 4.76. The number of benzene rings is 2. The van der Waals surface area contributed by atoms with E-state index in [1.165, 1.54) is 0 Å². The van der Waals surface area contributed by atoms with E-state index in [2.05, 4.69) is 15.5 Å². The van der Waals surface area contributed by atoms with Gasteiger partial charge in [-0.1, -0.05) is 24.3 Å². The fourth-order valence-electron chi connectivity index (χ4n) is 3.12. The van der Waals surface area contributed by atoms with Crippen molar-refractivity contribution in [3.63, 3.8) is 0 Å². The Kier molecular flexibility index (Phi) is 4.59. The Morgan fingerprint density at radius 1 is 1.10 bits per heavy atom. The van der Waals surface area contributed by atoms with Crippen LogP contribution in [0.3, 0.4) is 0 Å². The first-order chi connectivity index (χ1) is 13.9. The molecule has 0 spiro atoms. The van der Waals surface area contributed by atoms with Crippen molar-refractivity contribution in [2.45, 2.75) is 6.54 Å². The first-order valence-electron chi connectivity index (χ1n) is 9.05. The number of nitrogen functional groups attached to an aromatic ring is 1. The van der Waals surface area contributed by atoms with Crippen LogP contribution in [0, 0.1) is 0 Å². The lowest BCUT2D eigenvalue weighted by molar-refractivity contribution is -0.129. The lowest BCUT2D eigenvalue weighted by atomic mass is 10.1. The van der Waals surface area contributed by atoms with Gasteiger partial charge in [-0.3, -0.25) is 9.59 Å². The van der Waals surface area contributed by atoms with Crippen molar-refractivity contribution in [2.24, 2.45) is 0 Å². The molecule has 0 saturated heterocycles. The maximum Gasteiger partial charge on any atom is 0.278 e. The Hall–Kier alpha value is -3.94. The second-order valence-electron chi connectivity index (χ2n) is 6.94. The maximum atomic E-state index is 12.7. The van der Waals surface area contributed by atoms with E-state index in [1.807, 2.05) is 41.1 Å². The van der Waals surface area contributed by atoms with E-state index >= 15 is 0 Å². The van der Waals surface area contributed by atoms with Gasteiger partial charge in [0.15, 0.2) is 5.69 Å². The average Bonchev–Trinajstić information content (AvgIpc) is 3.10. The second-order valence-corrected chi connectivity index (χ2v) is 6.94. The van der Waals surface area contributed by atoms with Gasteiger partial charge in [0, 0.05) is 31.4 Å². The zero-order chi connectivity index (χ0) is 20.5. The fraction of sp³-hybridized carbons (Fsp3) is 0.143. The highest BCUT2D eigenvalue weighted by molar-refractivity contribution is 6.10. The molecule has 0 aliphatic heterocycles. The van der Waals surface area contributed by atoms with Crippen LogP contribution >= 0.6 is 0 Å². The summed E-state index contributed by atoms with van der Waals surface area (Å²) in [5, 5.41) is 12.5. The van der Waals surface area contributed by atoms with Crippen molar-refractivity contribution >= 4 is 45.0 Å². The predicted molar refractivity (Wildman–Crippen MR) is 113 cm³/mol. The molecule has 2 aromatic heterocycles. The van der Waals surface area contributed by atoms with Crippen LogP contribution < -0.4 is 11.1 Å². The molecule has 29 heavy (non-hydrogen) atoms. The summed E-state index contributed by atoms with van der Waals surface area (Å²) in [6.45, 7) is 0.219. The molecule has 0 radical (unpaired) electrons. The summed E-state index contributed by atoms with van der Waals surface area (Å²) in [6.07, 6.45) is 1.85. The average molecular weight is 388 g/mol. The number of carbonyl (C=O) groups is 2. The second kappa shape index (κ2) is 7.23. The van der Waals surface area contributed by atoms with E-state index in [0.29, 0.717) is 16.6 Å². The number of anilines is 2. The van der Waals surface area contributed by atoms with Gasteiger partial charge in [-0.05, 0) is 29.7 Å². The third-order valence-electron chi connectivity index (χ3n) is 4.76. The van der Waals surface area contributed by atoms with E-state index in [4.69, 9.17) is 5.73 Å². The largest absolute Gasteiger partial charge is 0.396 e. The van der Waals surface area contributed by atoms with E-state index < -0.39 is 5.91 Å². The number of carbonyl (C=O) groups excluding carboxylic acids is 2. The summed E-state index contributed by atoms with van der Waals surface area (Å²) in [6, 6.07) is 14.7. The van der Waals surface area contributed by atoms with Gasteiger partial charge in [0.25, 0.3) is 5.91 Å². The highest BCUT2D eigenvalue weighted by atomic mass is 16.2. The van der Waals surface area contributed by atoms with Gasteiger partial charge in [-0.2, -0.15) is 0 Å². The van der Waals surface area contributed by atoms with Crippen LogP contribution in [0.2, 0.25) is 0 Å². The van der Waals surface area contributed by atoms with E-state index in [9.17, 15) is 9.59 Å². The van der Waals surface area contributed by atoms with Crippen molar-refractivity contribution in [1.29, 1.82) is 0 Å². The minimum atomic E-state index is -0.442. The Balaban J connectivity index is 1.63. The van der Waals surface area contributed by atoms with Gasteiger partial charge in [-0.25, -0.2) is 0 Å². The van der Waals surface area contributed by atoms with Crippen LogP contribution in [0.1, 0.15) is 10.5 Å². The molecule has 0 aliphatic rings. The lowest BCUT2D eigenvalue weighted by Gasteiger charge is -2.12. The number of aromatic nitrogens is 3. The Bertz CT molecular complexity index is 1240. The van der Waals surface area contributed by atoms with Crippen LogP contribution in [0.5, 0.6) is 0 Å². The monoisotopic (exact) mass is 388 g/mol. The van der Waals surface area contributed by atoms with Crippen molar-refractivity contribution in [1.82, 2.24) is 19.7 Å². The number of nitrogens with one attached hydrogen (secondary N) is 1. The van der Waals surface area contributed by atoms with Crippen LogP contribution in [-0.4, -0.2) is 45.6 Å². The van der Waals surface area contributed by atoms with Crippen molar-refractivity contribution in [3.8, 4) is 0 Å². The van der Waals surface area contributed by atoms with Crippen molar-refractivity contribution in [2.75, 3.05) is 25.1 Å². The number of hydrogen-bond acceptors (Lipinski definition) is 5. The predicted octanol–water partition coefficient (Wildman–Crippen LogP) is 2.51. The molecule has 2 amide bonds. The first-order valence-corrected chi connectivity index (χ1v) is 9.05. The van der Waals surface area contributed by atoms with Crippen LogP contribution in [0.15, 0.2) is 54.7 Å². The van der Waals surface area contributed by atoms with Gasteiger partial charge in [-0.15, -0.1) is 10.2 Å². The Morgan fingerprint density at radius 3 is 2.69 bits per heavy atom. The maximum absolute atomic E-state index is 12.7. The molecular weight excluding hydrogens is 368 g/mol. The third kappa shape index (κ3) is 3.47. The summed E-state index contributed by atoms with van der Waals surface area (Å²) in [5.41, 5.74) is 8.55.